The fraction of sp³-hybridized carbons (Fsp3) is 0.0625. The number of alkyl halides is 1. The van der Waals surface area contributed by atoms with E-state index in [4.69, 9.17) is 16.3 Å². The molecule has 0 saturated carbocycles. The molecule has 0 atom stereocenters. The lowest BCUT2D eigenvalue weighted by Gasteiger charge is -2.01. The summed E-state index contributed by atoms with van der Waals surface area (Å²) in [6.45, 7) is 0. The van der Waals surface area contributed by atoms with E-state index in [1.807, 2.05) is 42.5 Å². The van der Waals surface area contributed by atoms with Gasteiger partial charge >= 0.3 is 5.97 Å². The Hall–Kier alpha value is -2.06. The molecular formula is C16H13ClO2. The van der Waals surface area contributed by atoms with Crippen molar-refractivity contribution in [1.82, 2.24) is 0 Å². The number of rotatable bonds is 4. The first kappa shape index (κ1) is 13.4. The van der Waals surface area contributed by atoms with Gasteiger partial charge in [-0.1, -0.05) is 42.5 Å². The highest BCUT2D eigenvalue weighted by Gasteiger charge is 2.00. The maximum absolute atomic E-state index is 11.6. The Kier molecular flexibility index (Phi) is 4.76. The summed E-state index contributed by atoms with van der Waals surface area (Å²) in [5.41, 5.74) is 1.94. The number of carbonyl (C=O) groups excluding carboxylic acids is 1. The van der Waals surface area contributed by atoms with Gasteiger partial charge in [0.15, 0.2) is 0 Å². The predicted molar refractivity (Wildman–Crippen MR) is 77.1 cm³/mol. The molecule has 2 aromatic rings. The maximum Gasteiger partial charge on any atom is 0.336 e. The lowest BCUT2D eigenvalue weighted by molar-refractivity contribution is -0.128. The van der Waals surface area contributed by atoms with E-state index in [9.17, 15) is 4.79 Å². The molecule has 0 heterocycles. The topological polar surface area (TPSA) is 26.3 Å². The molecule has 0 fully saturated rings. The second-order valence-electron chi connectivity index (χ2n) is 3.94. The third-order valence-corrected chi connectivity index (χ3v) is 2.82. The van der Waals surface area contributed by atoms with Crippen LogP contribution in [0.5, 0.6) is 5.75 Å². The summed E-state index contributed by atoms with van der Waals surface area (Å²) >= 11 is 5.68. The van der Waals surface area contributed by atoms with Crippen molar-refractivity contribution >= 4 is 23.6 Å². The molecule has 0 amide bonds. The number of carbonyl (C=O) groups is 1. The van der Waals surface area contributed by atoms with Crippen LogP contribution >= 0.6 is 11.6 Å². The van der Waals surface area contributed by atoms with E-state index in [-0.39, 0.29) is 0 Å². The molecule has 0 spiro atoms. The zero-order chi connectivity index (χ0) is 13.5. The minimum Gasteiger partial charge on any atom is -0.423 e. The van der Waals surface area contributed by atoms with Crippen LogP contribution in [0.2, 0.25) is 0 Å². The van der Waals surface area contributed by atoms with Crippen LogP contribution < -0.4 is 4.74 Å². The summed E-state index contributed by atoms with van der Waals surface area (Å²) in [6, 6.07) is 16.7. The second-order valence-corrected chi connectivity index (χ2v) is 4.21. The number of halogens is 1. The van der Waals surface area contributed by atoms with Gasteiger partial charge in [-0.05, 0) is 29.3 Å². The van der Waals surface area contributed by atoms with Gasteiger partial charge in [0.1, 0.15) is 5.75 Å². The summed E-state index contributed by atoms with van der Waals surface area (Å²) in [5.74, 6) is 0.557. The highest BCUT2D eigenvalue weighted by atomic mass is 35.5. The van der Waals surface area contributed by atoms with Gasteiger partial charge < -0.3 is 4.74 Å². The van der Waals surface area contributed by atoms with Crippen molar-refractivity contribution in [3.8, 4) is 5.75 Å². The van der Waals surface area contributed by atoms with Crippen LogP contribution in [0.1, 0.15) is 11.1 Å². The molecule has 0 aliphatic rings. The van der Waals surface area contributed by atoms with Gasteiger partial charge in [-0.2, -0.15) is 0 Å². The molecule has 0 N–H and O–H groups in total. The summed E-state index contributed by atoms with van der Waals surface area (Å²) in [6.07, 6.45) is 3.13. The molecule has 2 aromatic carbocycles. The fourth-order valence-corrected chi connectivity index (χ4v) is 1.70. The number of hydrogen-bond acceptors (Lipinski definition) is 2. The molecule has 0 aliphatic heterocycles. The first-order valence-corrected chi connectivity index (χ1v) is 6.41. The third-order valence-electron chi connectivity index (χ3n) is 2.51. The van der Waals surface area contributed by atoms with E-state index in [1.165, 1.54) is 6.08 Å². The van der Waals surface area contributed by atoms with Crippen molar-refractivity contribution in [3.05, 3.63) is 71.8 Å². The zero-order valence-corrected chi connectivity index (χ0v) is 11.0. The van der Waals surface area contributed by atoms with Crippen molar-refractivity contribution in [2.45, 2.75) is 5.88 Å². The van der Waals surface area contributed by atoms with Crippen LogP contribution in [0.15, 0.2) is 60.7 Å². The van der Waals surface area contributed by atoms with Crippen molar-refractivity contribution < 1.29 is 9.53 Å². The summed E-state index contributed by atoms with van der Waals surface area (Å²) in [5, 5.41) is 0. The number of ether oxygens (including phenoxy) is 1. The van der Waals surface area contributed by atoms with Crippen LogP contribution in [-0.2, 0) is 10.7 Å². The zero-order valence-electron chi connectivity index (χ0n) is 10.3. The van der Waals surface area contributed by atoms with E-state index < -0.39 is 5.97 Å². The lowest BCUT2D eigenvalue weighted by Crippen LogP contribution is -2.03. The van der Waals surface area contributed by atoms with Crippen LogP contribution in [0.3, 0.4) is 0 Å². The molecule has 0 aromatic heterocycles. The van der Waals surface area contributed by atoms with Crippen molar-refractivity contribution in [2.75, 3.05) is 0 Å². The Morgan fingerprint density at radius 3 is 2.37 bits per heavy atom. The number of hydrogen-bond donors (Lipinski definition) is 0. The molecule has 2 nitrogen and oxygen atoms in total. The summed E-state index contributed by atoms with van der Waals surface area (Å²) < 4.78 is 5.17. The number of benzene rings is 2. The molecule has 0 aliphatic carbocycles. The molecule has 19 heavy (non-hydrogen) atoms. The van der Waals surface area contributed by atoms with Crippen LogP contribution in [0.4, 0.5) is 0 Å². The Bertz CT molecular complexity index is 559. The highest BCUT2D eigenvalue weighted by Crippen LogP contribution is 2.14. The van der Waals surface area contributed by atoms with Crippen LogP contribution in [-0.4, -0.2) is 5.97 Å². The van der Waals surface area contributed by atoms with Gasteiger partial charge in [-0.15, -0.1) is 11.6 Å². The average Bonchev–Trinajstić information content (AvgIpc) is 2.47. The molecule has 96 valence electrons. The van der Waals surface area contributed by atoms with Gasteiger partial charge in [0, 0.05) is 12.0 Å². The monoisotopic (exact) mass is 272 g/mol. The van der Waals surface area contributed by atoms with Crippen molar-refractivity contribution in [1.29, 1.82) is 0 Å². The Morgan fingerprint density at radius 1 is 1.05 bits per heavy atom. The third kappa shape index (κ3) is 4.27. The normalized spacial score (nSPS) is 10.6. The predicted octanol–water partition coefficient (Wildman–Crippen LogP) is 4.04. The highest BCUT2D eigenvalue weighted by molar-refractivity contribution is 6.17. The molecule has 3 heteroatoms. The minimum absolute atomic E-state index is 0.400. The van der Waals surface area contributed by atoms with E-state index in [2.05, 4.69) is 0 Å². The Balaban J connectivity index is 1.95. The molecular weight excluding hydrogens is 260 g/mol. The Morgan fingerprint density at radius 2 is 1.74 bits per heavy atom. The summed E-state index contributed by atoms with van der Waals surface area (Å²) in [7, 11) is 0. The van der Waals surface area contributed by atoms with E-state index >= 15 is 0 Å². The van der Waals surface area contributed by atoms with Gasteiger partial charge in [0.25, 0.3) is 0 Å². The van der Waals surface area contributed by atoms with E-state index in [1.54, 1.807) is 18.2 Å². The molecule has 2 rings (SSSR count). The van der Waals surface area contributed by atoms with Gasteiger partial charge in [0.05, 0.1) is 0 Å². The van der Waals surface area contributed by atoms with Gasteiger partial charge in [-0.25, -0.2) is 4.79 Å². The quantitative estimate of drug-likeness (QED) is 0.363. The fourth-order valence-electron chi connectivity index (χ4n) is 1.53. The van der Waals surface area contributed by atoms with Crippen LogP contribution in [0.25, 0.3) is 6.08 Å². The summed E-state index contributed by atoms with van der Waals surface area (Å²) in [4.78, 5) is 11.6. The first-order valence-electron chi connectivity index (χ1n) is 5.88. The molecule has 0 radical (unpaired) electrons. The van der Waals surface area contributed by atoms with Gasteiger partial charge in [-0.3, -0.25) is 0 Å². The first-order chi connectivity index (χ1) is 9.28. The van der Waals surface area contributed by atoms with E-state index in [0.29, 0.717) is 11.6 Å². The second kappa shape index (κ2) is 6.76. The standard InChI is InChI=1S/C16H13ClO2/c17-12-14-6-9-15(10-7-14)19-16(18)11-8-13-4-2-1-3-5-13/h1-11H,12H2. The van der Waals surface area contributed by atoms with Crippen molar-refractivity contribution in [2.24, 2.45) is 0 Å². The van der Waals surface area contributed by atoms with E-state index in [0.717, 1.165) is 11.1 Å². The minimum atomic E-state index is -0.400. The smallest absolute Gasteiger partial charge is 0.336 e. The number of esters is 1. The molecule has 0 unspecified atom stereocenters. The molecule has 0 saturated heterocycles. The molecule has 0 bridgehead atoms. The lowest BCUT2D eigenvalue weighted by atomic mass is 10.2. The maximum atomic E-state index is 11.6. The average molecular weight is 273 g/mol. The largest absolute Gasteiger partial charge is 0.423 e. The SMILES string of the molecule is O=C(C=Cc1ccccc1)Oc1ccc(CCl)cc1. The van der Waals surface area contributed by atoms with Gasteiger partial charge in [0.2, 0.25) is 0 Å². The van der Waals surface area contributed by atoms with Crippen molar-refractivity contribution in [3.63, 3.8) is 0 Å². The Labute approximate surface area is 117 Å². The van der Waals surface area contributed by atoms with Crippen LogP contribution in [0, 0.1) is 0 Å².